The number of fused-ring (bicyclic) bond motifs is 1. The fourth-order valence-electron chi connectivity index (χ4n) is 3.89. The Bertz CT molecular complexity index is 1210. The quantitative estimate of drug-likeness (QED) is 0.482. The molecule has 1 atom stereocenters. The molecule has 1 aliphatic rings. The van der Waals surface area contributed by atoms with Gasteiger partial charge in [-0.3, -0.25) is 14.6 Å². The van der Waals surface area contributed by atoms with Gasteiger partial charge in [-0.15, -0.1) is 6.58 Å². The number of carbonyl (C=O) groups excluding carboxylic acids is 2. The molecule has 1 aliphatic heterocycles. The zero-order valence-corrected chi connectivity index (χ0v) is 19.1. The predicted octanol–water partition coefficient (Wildman–Crippen LogP) is 5.13. The lowest BCUT2D eigenvalue weighted by Crippen LogP contribution is -2.45. The maximum Gasteiger partial charge on any atom is 0.252 e. The highest BCUT2D eigenvalue weighted by atomic mass is 35.5. The van der Waals surface area contributed by atoms with Crippen LogP contribution in [0.1, 0.15) is 18.1 Å². The normalized spacial score (nSPS) is 15.3. The van der Waals surface area contributed by atoms with Crippen LogP contribution in [-0.4, -0.2) is 36.7 Å². The van der Waals surface area contributed by atoms with Crippen molar-refractivity contribution < 1.29 is 9.59 Å². The Morgan fingerprint density at radius 1 is 1.09 bits per heavy atom. The summed E-state index contributed by atoms with van der Waals surface area (Å²) < 4.78 is 0. The third-order valence-electron chi connectivity index (χ3n) is 5.47. The zero-order chi connectivity index (χ0) is 23.4. The number of benzodiazepines with no additional fused rings is 1. The highest BCUT2D eigenvalue weighted by Gasteiger charge is 2.32. The Balaban J connectivity index is 1.76. The van der Waals surface area contributed by atoms with Crippen molar-refractivity contribution in [1.82, 2.24) is 0 Å². The first-order valence-electron chi connectivity index (χ1n) is 10.7. The van der Waals surface area contributed by atoms with E-state index in [2.05, 4.69) is 6.58 Å². The van der Waals surface area contributed by atoms with E-state index >= 15 is 0 Å². The Labute approximate surface area is 198 Å². The van der Waals surface area contributed by atoms with E-state index in [-0.39, 0.29) is 18.4 Å². The smallest absolute Gasteiger partial charge is 0.252 e. The number of aliphatic imine (C=N–C) groups is 1. The fourth-order valence-corrected chi connectivity index (χ4v) is 4.07. The maximum absolute atomic E-state index is 13.4. The molecule has 0 spiro atoms. The minimum absolute atomic E-state index is 0.127. The number of carbonyl (C=O) groups is 2. The van der Waals surface area contributed by atoms with Gasteiger partial charge in [-0.25, -0.2) is 0 Å². The van der Waals surface area contributed by atoms with Crippen LogP contribution >= 0.6 is 11.6 Å². The maximum atomic E-state index is 13.4. The van der Waals surface area contributed by atoms with Crippen LogP contribution in [0.15, 0.2) is 96.5 Å². The van der Waals surface area contributed by atoms with Gasteiger partial charge in [0.15, 0.2) is 0 Å². The molecular formula is C27H24ClN3O2. The van der Waals surface area contributed by atoms with Crippen LogP contribution < -0.4 is 9.80 Å². The van der Waals surface area contributed by atoms with Crippen molar-refractivity contribution in [3.8, 4) is 0 Å². The van der Waals surface area contributed by atoms with E-state index in [9.17, 15) is 9.59 Å². The van der Waals surface area contributed by atoms with Crippen molar-refractivity contribution >= 4 is 40.5 Å². The lowest BCUT2D eigenvalue weighted by Gasteiger charge is -2.28. The number of halogens is 1. The first-order valence-corrected chi connectivity index (χ1v) is 11.1. The van der Waals surface area contributed by atoms with Gasteiger partial charge >= 0.3 is 0 Å². The summed E-state index contributed by atoms with van der Waals surface area (Å²) in [5.41, 5.74) is 3.63. The highest BCUT2D eigenvalue weighted by molar-refractivity contribution is 6.32. The van der Waals surface area contributed by atoms with Crippen LogP contribution in [0.2, 0.25) is 5.02 Å². The molecule has 166 valence electrons. The molecule has 0 saturated heterocycles. The van der Waals surface area contributed by atoms with Gasteiger partial charge in [0.2, 0.25) is 5.91 Å². The summed E-state index contributed by atoms with van der Waals surface area (Å²) in [5.74, 6) is -0.463. The largest absolute Gasteiger partial charge is 0.307 e. The molecule has 0 saturated carbocycles. The SMILES string of the molecule is C=CCN(C(=O)CN1C(=O)C(C)N=C(c2ccccc2)c2cc(Cl)ccc21)c1ccccc1. The summed E-state index contributed by atoms with van der Waals surface area (Å²) in [4.78, 5) is 34.7. The van der Waals surface area contributed by atoms with Gasteiger partial charge in [-0.1, -0.05) is 66.2 Å². The number of hydrogen-bond acceptors (Lipinski definition) is 3. The molecule has 0 radical (unpaired) electrons. The number of amides is 2. The van der Waals surface area contributed by atoms with E-state index in [0.29, 0.717) is 28.5 Å². The topological polar surface area (TPSA) is 53.0 Å². The van der Waals surface area contributed by atoms with Gasteiger partial charge in [0.05, 0.1) is 11.4 Å². The van der Waals surface area contributed by atoms with Gasteiger partial charge < -0.3 is 9.80 Å². The summed E-state index contributed by atoms with van der Waals surface area (Å²) >= 11 is 6.34. The number of rotatable bonds is 6. The predicted molar refractivity (Wildman–Crippen MR) is 134 cm³/mol. The summed E-state index contributed by atoms with van der Waals surface area (Å²) in [6.45, 7) is 5.73. The molecule has 1 heterocycles. The van der Waals surface area contributed by atoms with Crippen molar-refractivity contribution in [3.05, 3.63) is 108 Å². The second kappa shape index (κ2) is 9.84. The summed E-state index contributed by atoms with van der Waals surface area (Å²) in [6.07, 6.45) is 1.67. The summed E-state index contributed by atoms with van der Waals surface area (Å²) in [7, 11) is 0. The molecule has 0 aliphatic carbocycles. The zero-order valence-electron chi connectivity index (χ0n) is 18.3. The van der Waals surface area contributed by atoms with Gasteiger partial charge in [-0.05, 0) is 37.3 Å². The minimum Gasteiger partial charge on any atom is -0.307 e. The second-order valence-corrected chi connectivity index (χ2v) is 8.17. The second-order valence-electron chi connectivity index (χ2n) is 7.73. The van der Waals surface area contributed by atoms with Crippen LogP contribution in [0.4, 0.5) is 11.4 Å². The number of anilines is 2. The van der Waals surface area contributed by atoms with E-state index in [1.165, 1.54) is 4.90 Å². The molecule has 6 heteroatoms. The standard InChI is InChI=1S/C27H24ClN3O2/c1-3-16-30(22-12-8-5-9-13-22)25(32)18-31-24-15-14-21(28)17-23(24)26(29-19(2)27(31)33)20-10-6-4-7-11-20/h3-15,17,19H,1,16,18H2,2H3. The molecule has 1 unspecified atom stereocenters. The van der Waals surface area contributed by atoms with Crippen LogP contribution in [0, 0.1) is 0 Å². The lowest BCUT2D eigenvalue weighted by molar-refractivity contribution is -0.123. The Morgan fingerprint density at radius 3 is 2.42 bits per heavy atom. The van der Waals surface area contributed by atoms with Crippen molar-refractivity contribution in [2.24, 2.45) is 4.99 Å². The monoisotopic (exact) mass is 457 g/mol. The summed E-state index contributed by atoms with van der Waals surface area (Å²) in [5, 5.41) is 0.531. The van der Waals surface area contributed by atoms with Crippen molar-refractivity contribution in [1.29, 1.82) is 0 Å². The van der Waals surface area contributed by atoms with Crippen molar-refractivity contribution in [3.63, 3.8) is 0 Å². The van der Waals surface area contributed by atoms with Crippen molar-refractivity contribution in [2.75, 3.05) is 22.9 Å². The van der Waals surface area contributed by atoms with Crippen LogP contribution in [0.5, 0.6) is 0 Å². The van der Waals surface area contributed by atoms with E-state index in [1.807, 2.05) is 60.7 Å². The number of hydrogen-bond donors (Lipinski definition) is 0. The van der Waals surface area contributed by atoms with Crippen molar-refractivity contribution in [2.45, 2.75) is 13.0 Å². The Kier molecular flexibility index (Phi) is 6.71. The number of nitrogens with zero attached hydrogens (tertiary/aromatic N) is 3. The lowest BCUT2D eigenvalue weighted by atomic mass is 10.00. The molecule has 0 N–H and O–H groups in total. The first kappa shape index (κ1) is 22.5. The molecule has 0 aromatic heterocycles. The molecule has 3 aromatic carbocycles. The molecule has 0 bridgehead atoms. The molecule has 5 nitrogen and oxygen atoms in total. The fraction of sp³-hybridized carbons (Fsp3) is 0.148. The van der Waals surface area contributed by atoms with Gasteiger partial charge in [0.1, 0.15) is 12.6 Å². The van der Waals surface area contributed by atoms with E-state index in [4.69, 9.17) is 16.6 Å². The molecule has 33 heavy (non-hydrogen) atoms. The van der Waals surface area contributed by atoms with Crippen LogP contribution in [-0.2, 0) is 9.59 Å². The molecule has 0 fully saturated rings. The average molecular weight is 458 g/mol. The average Bonchev–Trinajstić information content (AvgIpc) is 2.93. The van der Waals surface area contributed by atoms with Gasteiger partial charge in [0, 0.05) is 28.4 Å². The molecule has 4 rings (SSSR count). The van der Waals surface area contributed by atoms with E-state index in [1.54, 1.807) is 36.1 Å². The van der Waals surface area contributed by atoms with Crippen LogP contribution in [0.25, 0.3) is 0 Å². The molecule has 3 aromatic rings. The summed E-state index contributed by atoms with van der Waals surface area (Å²) in [6, 6.07) is 23.7. The van der Waals surface area contributed by atoms with E-state index in [0.717, 1.165) is 11.3 Å². The third-order valence-corrected chi connectivity index (χ3v) is 5.71. The van der Waals surface area contributed by atoms with Crippen LogP contribution in [0.3, 0.4) is 0 Å². The number of benzene rings is 3. The molecular weight excluding hydrogens is 434 g/mol. The minimum atomic E-state index is -0.663. The first-order chi connectivity index (χ1) is 16.0. The van der Waals surface area contributed by atoms with Gasteiger partial charge in [0.25, 0.3) is 5.91 Å². The Morgan fingerprint density at radius 2 is 1.76 bits per heavy atom. The number of para-hydroxylation sites is 1. The third kappa shape index (κ3) is 4.73. The highest BCUT2D eigenvalue weighted by Crippen LogP contribution is 2.31. The van der Waals surface area contributed by atoms with Gasteiger partial charge in [-0.2, -0.15) is 0 Å². The molecule has 2 amide bonds. The Hall–Kier alpha value is -3.70. The van der Waals surface area contributed by atoms with E-state index < -0.39 is 6.04 Å².